The summed E-state index contributed by atoms with van der Waals surface area (Å²) in [4.78, 5) is 38.4. The van der Waals surface area contributed by atoms with Gasteiger partial charge in [-0.15, -0.1) is 0 Å². The lowest BCUT2D eigenvalue weighted by Gasteiger charge is -2.18. The standard InChI is InChI=1S/C74H126O6/c1-4-7-10-13-16-19-22-25-28-31-33-35-37-39-41-43-46-49-52-55-58-61-64-67-73(76)79-70-71(69-78-72(75)66-63-60-57-54-51-48-45-30-27-24-21-18-15-12-9-6-3)80-74(77)68-65-62-59-56-53-50-47-44-42-40-38-36-34-32-29-26-23-20-17-14-11-8-5-2/h7,10,16,19,23,25-26,28,30,32-35,39,41,45-46,49,71H,4-6,8-9,11-15,17-18,20-22,24,27,29,31,36-38,40,42-44,47-48,50-70H2,1-3H3/b10-7-,19-16-,26-23-,28-25-,34-32-,35-33-,41-39-,45-30-,49-46-. The van der Waals surface area contributed by atoms with E-state index in [1.807, 2.05) is 0 Å². The minimum Gasteiger partial charge on any atom is -0.462 e. The van der Waals surface area contributed by atoms with E-state index in [9.17, 15) is 14.4 Å². The summed E-state index contributed by atoms with van der Waals surface area (Å²) >= 11 is 0. The first kappa shape index (κ1) is 76.1. The van der Waals surface area contributed by atoms with Gasteiger partial charge in [0.1, 0.15) is 13.2 Å². The second kappa shape index (κ2) is 67.6. The molecular formula is C74H126O6. The number of carbonyl (C=O) groups excluding carboxylic acids is 3. The Morgan fingerprint density at radius 3 is 0.775 bits per heavy atom. The van der Waals surface area contributed by atoms with Crippen molar-refractivity contribution in [2.24, 2.45) is 0 Å². The normalized spacial score (nSPS) is 12.8. The largest absolute Gasteiger partial charge is 0.462 e. The predicted octanol–water partition coefficient (Wildman–Crippen LogP) is 23.4. The molecule has 0 aliphatic carbocycles. The van der Waals surface area contributed by atoms with E-state index < -0.39 is 6.10 Å². The third-order valence-electron chi connectivity index (χ3n) is 14.5. The topological polar surface area (TPSA) is 78.9 Å². The third-order valence-corrected chi connectivity index (χ3v) is 14.5. The molecule has 0 amide bonds. The molecule has 0 fully saturated rings. The molecule has 0 heterocycles. The van der Waals surface area contributed by atoms with Crippen molar-refractivity contribution in [1.82, 2.24) is 0 Å². The van der Waals surface area contributed by atoms with Gasteiger partial charge in [-0.25, -0.2) is 0 Å². The lowest BCUT2D eigenvalue weighted by Crippen LogP contribution is -2.30. The van der Waals surface area contributed by atoms with Gasteiger partial charge in [0.25, 0.3) is 0 Å². The van der Waals surface area contributed by atoms with Crippen LogP contribution in [0.1, 0.15) is 323 Å². The van der Waals surface area contributed by atoms with Gasteiger partial charge in [0.05, 0.1) is 0 Å². The maximum Gasteiger partial charge on any atom is 0.306 e. The Morgan fingerprint density at radius 2 is 0.487 bits per heavy atom. The molecule has 0 aromatic rings. The first-order valence-electron chi connectivity index (χ1n) is 33.9. The van der Waals surface area contributed by atoms with Crippen LogP contribution >= 0.6 is 0 Å². The molecule has 0 saturated carbocycles. The molecule has 0 aliphatic heterocycles. The molecule has 0 radical (unpaired) electrons. The van der Waals surface area contributed by atoms with Gasteiger partial charge in [-0.3, -0.25) is 14.4 Å². The molecule has 458 valence electrons. The van der Waals surface area contributed by atoms with Gasteiger partial charge in [0.2, 0.25) is 0 Å². The van der Waals surface area contributed by atoms with Crippen LogP contribution in [0.4, 0.5) is 0 Å². The minimum absolute atomic E-state index is 0.0914. The molecule has 80 heavy (non-hydrogen) atoms. The third kappa shape index (κ3) is 64.9. The molecule has 6 nitrogen and oxygen atoms in total. The molecule has 0 aliphatic rings. The Balaban J connectivity index is 4.43. The summed E-state index contributed by atoms with van der Waals surface area (Å²) in [5.74, 6) is -0.916. The van der Waals surface area contributed by atoms with Crippen LogP contribution in [0.3, 0.4) is 0 Å². The van der Waals surface area contributed by atoms with Gasteiger partial charge >= 0.3 is 17.9 Å². The van der Waals surface area contributed by atoms with E-state index in [0.29, 0.717) is 19.3 Å². The van der Waals surface area contributed by atoms with E-state index in [1.165, 1.54) is 161 Å². The second-order valence-electron chi connectivity index (χ2n) is 22.3. The number of unbranched alkanes of at least 4 members (excludes halogenated alkanes) is 32. The van der Waals surface area contributed by atoms with Crippen LogP contribution in [0.2, 0.25) is 0 Å². The highest BCUT2D eigenvalue weighted by atomic mass is 16.6. The van der Waals surface area contributed by atoms with Gasteiger partial charge in [-0.05, 0) is 128 Å². The lowest BCUT2D eigenvalue weighted by atomic mass is 10.0. The fraction of sp³-hybridized carbons (Fsp3) is 0.716. The van der Waals surface area contributed by atoms with E-state index in [1.54, 1.807) is 0 Å². The highest BCUT2D eigenvalue weighted by molar-refractivity contribution is 5.71. The first-order valence-corrected chi connectivity index (χ1v) is 33.9. The van der Waals surface area contributed by atoms with Crippen LogP contribution in [0.25, 0.3) is 0 Å². The maximum absolute atomic E-state index is 13.0. The highest BCUT2D eigenvalue weighted by Gasteiger charge is 2.19. The minimum atomic E-state index is -0.797. The van der Waals surface area contributed by atoms with E-state index >= 15 is 0 Å². The van der Waals surface area contributed by atoms with Crippen molar-refractivity contribution in [3.63, 3.8) is 0 Å². The molecule has 0 aromatic heterocycles. The lowest BCUT2D eigenvalue weighted by molar-refractivity contribution is -0.167. The van der Waals surface area contributed by atoms with Crippen molar-refractivity contribution >= 4 is 17.9 Å². The SMILES string of the molecule is CC/C=C\C/C=C\C/C=C\C/C=C\C/C=C\C/C=C\CCCCCCC(=O)OCC(COC(=O)CCCCCCC/C=C\CCCCCCCCC)OC(=O)CCCCCCCCCCCCC/C=C\C/C=C\CCCCCCC. The number of esters is 3. The molecular weight excluding hydrogens is 985 g/mol. The average Bonchev–Trinajstić information content (AvgIpc) is 3.46. The summed E-state index contributed by atoms with van der Waals surface area (Å²) in [5, 5.41) is 0. The van der Waals surface area contributed by atoms with Crippen LogP contribution < -0.4 is 0 Å². The summed E-state index contributed by atoms with van der Waals surface area (Å²) < 4.78 is 16.9. The number of ether oxygens (including phenoxy) is 3. The van der Waals surface area contributed by atoms with Crippen LogP contribution in [0.5, 0.6) is 0 Å². The summed E-state index contributed by atoms with van der Waals surface area (Å²) in [6.07, 6.45) is 92.4. The summed E-state index contributed by atoms with van der Waals surface area (Å²) in [6, 6.07) is 0. The summed E-state index contributed by atoms with van der Waals surface area (Å²) in [7, 11) is 0. The number of rotatable bonds is 61. The van der Waals surface area contributed by atoms with Crippen LogP contribution in [-0.4, -0.2) is 37.2 Å². The van der Waals surface area contributed by atoms with Gasteiger partial charge in [0.15, 0.2) is 6.10 Å². The van der Waals surface area contributed by atoms with E-state index in [2.05, 4.69) is 130 Å². The van der Waals surface area contributed by atoms with Crippen molar-refractivity contribution in [2.45, 2.75) is 329 Å². The van der Waals surface area contributed by atoms with Crippen molar-refractivity contribution in [1.29, 1.82) is 0 Å². The van der Waals surface area contributed by atoms with Gasteiger partial charge in [-0.1, -0.05) is 284 Å². The Kier molecular flexibility index (Phi) is 64.3. The number of hydrogen-bond acceptors (Lipinski definition) is 6. The Labute approximate surface area is 495 Å². The van der Waals surface area contributed by atoms with E-state index in [4.69, 9.17) is 14.2 Å². The zero-order valence-corrected chi connectivity index (χ0v) is 52.6. The second-order valence-corrected chi connectivity index (χ2v) is 22.3. The smallest absolute Gasteiger partial charge is 0.306 e. The quantitative estimate of drug-likeness (QED) is 0.0261. The average molecular weight is 1110 g/mol. The number of allylic oxidation sites excluding steroid dienone is 18. The number of hydrogen-bond donors (Lipinski definition) is 0. The number of carbonyl (C=O) groups is 3. The Bertz CT molecular complexity index is 1610. The van der Waals surface area contributed by atoms with Crippen LogP contribution in [-0.2, 0) is 28.6 Å². The molecule has 0 saturated heterocycles. The molecule has 0 N–H and O–H groups in total. The molecule has 1 atom stereocenters. The molecule has 0 bridgehead atoms. The molecule has 0 spiro atoms. The fourth-order valence-corrected chi connectivity index (χ4v) is 9.41. The van der Waals surface area contributed by atoms with Gasteiger partial charge in [-0.2, -0.15) is 0 Å². The molecule has 6 heteroatoms. The zero-order valence-electron chi connectivity index (χ0n) is 52.6. The van der Waals surface area contributed by atoms with Crippen LogP contribution in [0, 0.1) is 0 Å². The first-order chi connectivity index (χ1) is 39.5. The molecule has 0 aromatic carbocycles. The van der Waals surface area contributed by atoms with Gasteiger partial charge in [0, 0.05) is 19.3 Å². The van der Waals surface area contributed by atoms with Crippen molar-refractivity contribution in [2.75, 3.05) is 13.2 Å². The Morgan fingerprint density at radius 1 is 0.263 bits per heavy atom. The van der Waals surface area contributed by atoms with Crippen LogP contribution in [0.15, 0.2) is 109 Å². The molecule has 0 rings (SSSR count). The predicted molar refractivity (Wildman–Crippen MR) is 348 cm³/mol. The maximum atomic E-state index is 13.0. The van der Waals surface area contributed by atoms with Crippen molar-refractivity contribution in [3.05, 3.63) is 109 Å². The van der Waals surface area contributed by atoms with Gasteiger partial charge < -0.3 is 14.2 Å². The van der Waals surface area contributed by atoms with E-state index in [-0.39, 0.29) is 31.1 Å². The fourth-order valence-electron chi connectivity index (χ4n) is 9.41. The molecule has 1 unspecified atom stereocenters. The zero-order chi connectivity index (χ0) is 57.8. The Hall–Kier alpha value is -3.93. The van der Waals surface area contributed by atoms with Crippen molar-refractivity contribution in [3.8, 4) is 0 Å². The van der Waals surface area contributed by atoms with Crippen molar-refractivity contribution < 1.29 is 28.6 Å². The highest BCUT2D eigenvalue weighted by Crippen LogP contribution is 2.16. The van der Waals surface area contributed by atoms with E-state index in [0.717, 1.165) is 122 Å². The monoisotopic (exact) mass is 1110 g/mol. The summed E-state index contributed by atoms with van der Waals surface area (Å²) in [5.41, 5.74) is 0. The summed E-state index contributed by atoms with van der Waals surface area (Å²) in [6.45, 7) is 6.51.